The maximum absolute atomic E-state index is 12.2. The molecule has 0 aliphatic carbocycles. The van der Waals surface area contributed by atoms with Crippen molar-refractivity contribution in [1.29, 1.82) is 0 Å². The van der Waals surface area contributed by atoms with E-state index in [-0.39, 0.29) is 23.9 Å². The van der Waals surface area contributed by atoms with Gasteiger partial charge in [-0.3, -0.25) is 4.79 Å². The number of sulfonamides is 1. The number of amides is 1. The molecule has 1 heterocycles. The molecule has 0 spiro atoms. The summed E-state index contributed by atoms with van der Waals surface area (Å²) in [4.78, 5) is 13.6. The molecule has 1 aromatic heterocycles. The molecular weight excluding hydrogens is 384 g/mol. The van der Waals surface area contributed by atoms with Crippen molar-refractivity contribution in [3.05, 3.63) is 52.4 Å². The number of carbonyl (C=O) groups is 1. The Bertz CT molecular complexity index is 801. The molecule has 0 radical (unpaired) electrons. The Morgan fingerprint density at radius 2 is 2.04 bits per heavy atom. The molecule has 1 amide bonds. The summed E-state index contributed by atoms with van der Waals surface area (Å²) < 4.78 is 32.7. The van der Waals surface area contributed by atoms with Gasteiger partial charge in [-0.15, -0.1) is 0 Å². The molecule has 2 aromatic rings. The average molecular weight is 401 g/mol. The standard InChI is InChI=1S/C15H17BrN2O4S/c1-11-6-7-13(22-11)10-18(2)15(19)9-17-23(20,21)14-5-3-4-12(16)8-14/h3-8,17H,9-10H2,1-2H3. The third-order valence-electron chi connectivity index (χ3n) is 3.13. The van der Waals surface area contributed by atoms with Crippen molar-refractivity contribution >= 4 is 31.9 Å². The van der Waals surface area contributed by atoms with E-state index in [1.54, 1.807) is 25.2 Å². The number of benzene rings is 1. The second kappa shape index (κ2) is 7.29. The Morgan fingerprint density at radius 1 is 1.30 bits per heavy atom. The van der Waals surface area contributed by atoms with Crippen LogP contribution in [0.15, 0.2) is 50.2 Å². The van der Waals surface area contributed by atoms with E-state index in [0.29, 0.717) is 10.2 Å². The van der Waals surface area contributed by atoms with Crippen LogP contribution in [0.25, 0.3) is 0 Å². The number of nitrogens with zero attached hydrogens (tertiary/aromatic N) is 1. The lowest BCUT2D eigenvalue weighted by atomic mass is 10.4. The minimum Gasteiger partial charge on any atom is -0.464 e. The van der Waals surface area contributed by atoms with Crippen LogP contribution in [-0.2, 0) is 21.4 Å². The lowest BCUT2D eigenvalue weighted by Crippen LogP contribution is -2.37. The molecule has 0 atom stereocenters. The monoisotopic (exact) mass is 400 g/mol. The summed E-state index contributed by atoms with van der Waals surface area (Å²) in [5.41, 5.74) is 0. The van der Waals surface area contributed by atoms with Gasteiger partial charge in [0.25, 0.3) is 0 Å². The van der Waals surface area contributed by atoms with Crippen LogP contribution in [0.1, 0.15) is 11.5 Å². The summed E-state index contributed by atoms with van der Waals surface area (Å²) in [6, 6.07) is 9.87. The molecule has 6 nitrogen and oxygen atoms in total. The number of nitrogens with one attached hydrogen (secondary N) is 1. The van der Waals surface area contributed by atoms with Gasteiger partial charge in [-0.25, -0.2) is 13.1 Å². The zero-order valence-electron chi connectivity index (χ0n) is 12.7. The van der Waals surface area contributed by atoms with Crippen molar-refractivity contribution in [1.82, 2.24) is 9.62 Å². The van der Waals surface area contributed by atoms with Crippen molar-refractivity contribution in [2.45, 2.75) is 18.4 Å². The maximum Gasteiger partial charge on any atom is 0.241 e. The van der Waals surface area contributed by atoms with Crippen LogP contribution in [0.5, 0.6) is 0 Å². The fourth-order valence-corrected chi connectivity index (χ4v) is 3.47. The van der Waals surface area contributed by atoms with E-state index in [4.69, 9.17) is 4.42 Å². The molecule has 0 fully saturated rings. The largest absolute Gasteiger partial charge is 0.464 e. The van der Waals surface area contributed by atoms with Crippen molar-refractivity contribution in [3.63, 3.8) is 0 Å². The van der Waals surface area contributed by atoms with Gasteiger partial charge in [0.15, 0.2) is 0 Å². The van der Waals surface area contributed by atoms with Crippen molar-refractivity contribution in [2.75, 3.05) is 13.6 Å². The van der Waals surface area contributed by atoms with E-state index >= 15 is 0 Å². The first-order chi connectivity index (χ1) is 10.8. The first kappa shape index (κ1) is 17.7. The number of hydrogen-bond donors (Lipinski definition) is 1. The smallest absolute Gasteiger partial charge is 0.241 e. The minimum absolute atomic E-state index is 0.101. The maximum atomic E-state index is 12.2. The quantitative estimate of drug-likeness (QED) is 0.806. The number of carbonyl (C=O) groups excluding carboxylic acids is 1. The highest BCUT2D eigenvalue weighted by Gasteiger charge is 2.18. The first-order valence-electron chi connectivity index (χ1n) is 6.82. The van der Waals surface area contributed by atoms with Gasteiger partial charge in [-0.1, -0.05) is 22.0 Å². The van der Waals surface area contributed by atoms with Crippen LogP contribution in [-0.4, -0.2) is 32.8 Å². The highest BCUT2D eigenvalue weighted by atomic mass is 79.9. The van der Waals surface area contributed by atoms with E-state index in [2.05, 4.69) is 20.7 Å². The van der Waals surface area contributed by atoms with Crippen LogP contribution in [0.4, 0.5) is 0 Å². The summed E-state index contributed by atoms with van der Waals surface area (Å²) in [6.07, 6.45) is 0. The predicted molar refractivity (Wildman–Crippen MR) is 89.2 cm³/mol. The third-order valence-corrected chi connectivity index (χ3v) is 5.03. The molecule has 1 aromatic carbocycles. The van der Waals surface area contributed by atoms with Crippen LogP contribution < -0.4 is 4.72 Å². The summed E-state index contributed by atoms with van der Waals surface area (Å²) in [5, 5.41) is 0. The van der Waals surface area contributed by atoms with Gasteiger partial charge in [0, 0.05) is 11.5 Å². The van der Waals surface area contributed by atoms with E-state index < -0.39 is 10.0 Å². The van der Waals surface area contributed by atoms with Gasteiger partial charge in [-0.2, -0.15) is 0 Å². The van der Waals surface area contributed by atoms with Crippen LogP contribution >= 0.6 is 15.9 Å². The fraction of sp³-hybridized carbons (Fsp3) is 0.267. The molecule has 0 aliphatic rings. The Kier molecular flexibility index (Phi) is 5.61. The van der Waals surface area contributed by atoms with Crippen molar-refractivity contribution < 1.29 is 17.6 Å². The van der Waals surface area contributed by atoms with Crippen molar-refractivity contribution in [3.8, 4) is 0 Å². The van der Waals surface area contributed by atoms with Gasteiger partial charge < -0.3 is 9.32 Å². The molecule has 0 bridgehead atoms. The SMILES string of the molecule is Cc1ccc(CN(C)C(=O)CNS(=O)(=O)c2cccc(Br)c2)o1. The molecule has 124 valence electrons. The highest BCUT2D eigenvalue weighted by molar-refractivity contribution is 9.10. The van der Waals surface area contributed by atoms with Gasteiger partial charge in [-0.05, 0) is 37.3 Å². The Labute approximate surface area is 143 Å². The predicted octanol–water partition coefficient (Wildman–Crippen LogP) is 2.29. The molecule has 1 N–H and O–H groups in total. The zero-order chi connectivity index (χ0) is 17.0. The molecule has 8 heteroatoms. The van der Waals surface area contributed by atoms with Crippen molar-refractivity contribution in [2.24, 2.45) is 0 Å². The number of hydrogen-bond acceptors (Lipinski definition) is 4. The summed E-state index contributed by atoms with van der Waals surface area (Å²) in [6.45, 7) is 1.79. The van der Waals surface area contributed by atoms with Crippen LogP contribution in [0.3, 0.4) is 0 Å². The van der Waals surface area contributed by atoms with Crippen LogP contribution in [0, 0.1) is 6.92 Å². The molecular formula is C15H17BrN2O4S. The number of furan rings is 1. The van der Waals surface area contributed by atoms with Gasteiger partial charge in [0.05, 0.1) is 18.0 Å². The third kappa shape index (κ3) is 4.92. The summed E-state index contributed by atoms with van der Waals surface area (Å²) in [5.74, 6) is 1.06. The Morgan fingerprint density at radius 3 is 2.65 bits per heavy atom. The summed E-state index contributed by atoms with van der Waals surface area (Å²) >= 11 is 3.22. The number of rotatable bonds is 6. The second-order valence-corrected chi connectivity index (χ2v) is 7.73. The first-order valence-corrected chi connectivity index (χ1v) is 9.10. The lowest BCUT2D eigenvalue weighted by molar-refractivity contribution is -0.129. The number of likely N-dealkylation sites (N-methyl/N-ethyl adjacent to an activating group) is 1. The molecule has 2 rings (SSSR count). The van der Waals surface area contributed by atoms with Gasteiger partial charge in [0.2, 0.25) is 15.9 Å². The lowest BCUT2D eigenvalue weighted by Gasteiger charge is -2.16. The topological polar surface area (TPSA) is 79.6 Å². The molecule has 0 saturated carbocycles. The summed E-state index contributed by atoms with van der Waals surface area (Å²) in [7, 11) is -2.14. The van der Waals surface area contributed by atoms with E-state index in [1.165, 1.54) is 17.0 Å². The van der Waals surface area contributed by atoms with E-state index in [0.717, 1.165) is 5.76 Å². The Hall–Kier alpha value is -1.64. The van der Waals surface area contributed by atoms with Gasteiger partial charge >= 0.3 is 0 Å². The zero-order valence-corrected chi connectivity index (χ0v) is 15.1. The molecule has 0 unspecified atom stereocenters. The fourth-order valence-electron chi connectivity index (χ4n) is 1.90. The van der Waals surface area contributed by atoms with E-state index in [1.807, 2.05) is 13.0 Å². The number of halogens is 1. The average Bonchev–Trinajstić information content (AvgIpc) is 2.90. The highest BCUT2D eigenvalue weighted by Crippen LogP contribution is 2.15. The molecule has 23 heavy (non-hydrogen) atoms. The Balaban J connectivity index is 1.95. The molecule has 0 aliphatic heterocycles. The number of aryl methyl sites for hydroxylation is 1. The normalized spacial score (nSPS) is 11.4. The van der Waals surface area contributed by atoms with E-state index in [9.17, 15) is 13.2 Å². The minimum atomic E-state index is -3.73. The van der Waals surface area contributed by atoms with Gasteiger partial charge in [0.1, 0.15) is 11.5 Å². The van der Waals surface area contributed by atoms with Crippen LogP contribution in [0.2, 0.25) is 0 Å². The second-order valence-electron chi connectivity index (χ2n) is 5.04. The molecule has 0 saturated heterocycles.